The van der Waals surface area contributed by atoms with Gasteiger partial charge in [-0.3, -0.25) is 10.1 Å². The number of benzene rings is 1. The molecule has 3 rings (SSSR count). The van der Waals surface area contributed by atoms with E-state index >= 15 is 0 Å². The van der Waals surface area contributed by atoms with Crippen molar-refractivity contribution in [2.45, 2.75) is 32.7 Å². The number of hydrogen-bond donors (Lipinski definition) is 1. The molecule has 1 amide bonds. The summed E-state index contributed by atoms with van der Waals surface area (Å²) in [5.74, 6) is 0.574. The molecule has 1 N–H and O–H groups in total. The minimum atomic E-state index is -0.0791. The molecule has 1 aromatic heterocycles. The average molecular weight is 286 g/mol. The zero-order valence-electron chi connectivity index (χ0n) is 12.5. The first kappa shape index (κ1) is 14.1. The Bertz CT molecular complexity index is 628. The van der Waals surface area contributed by atoms with Crippen LogP contribution in [-0.4, -0.2) is 40.0 Å². The summed E-state index contributed by atoms with van der Waals surface area (Å²) in [6, 6.07) is 8.03. The lowest BCUT2D eigenvalue weighted by atomic mass is 10.1. The van der Waals surface area contributed by atoms with Crippen LogP contribution in [0.3, 0.4) is 0 Å². The lowest BCUT2D eigenvalue weighted by Crippen LogP contribution is -2.32. The summed E-state index contributed by atoms with van der Waals surface area (Å²) in [4.78, 5) is 18.4. The van der Waals surface area contributed by atoms with E-state index in [1.54, 1.807) is 0 Å². The SMILES string of the molecule is CC(=O)Nc1nc2ccccc2n1CCN1CCCCC1. The van der Waals surface area contributed by atoms with Crippen molar-refractivity contribution in [2.24, 2.45) is 0 Å². The normalized spacial score (nSPS) is 16.2. The zero-order chi connectivity index (χ0) is 14.7. The van der Waals surface area contributed by atoms with Crippen LogP contribution in [0.5, 0.6) is 0 Å². The first-order valence-electron chi connectivity index (χ1n) is 7.69. The molecule has 0 aliphatic carbocycles. The predicted molar refractivity (Wildman–Crippen MR) is 84.3 cm³/mol. The van der Waals surface area contributed by atoms with Crippen molar-refractivity contribution in [2.75, 3.05) is 25.0 Å². The van der Waals surface area contributed by atoms with Crippen LogP contribution in [0.2, 0.25) is 0 Å². The zero-order valence-corrected chi connectivity index (χ0v) is 12.5. The molecule has 5 heteroatoms. The van der Waals surface area contributed by atoms with Crippen LogP contribution >= 0.6 is 0 Å². The molecule has 21 heavy (non-hydrogen) atoms. The molecule has 1 aliphatic rings. The number of carbonyl (C=O) groups excluding carboxylic acids is 1. The number of fused-ring (bicyclic) bond motifs is 1. The highest BCUT2D eigenvalue weighted by molar-refractivity contribution is 5.89. The minimum Gasteiger partial charge on any atom is -0.309 e. The highest BCUT2D eigenvalue weighted by atomic mass is 16.1. The second-order valence-corrected chi connectivity index (χ2v) is 5.66. The highest BCUT2D eigenvalue weighted by Gasteiger charge is 2.14. The number of hydrogen-bond acceptors (Lipinski definition) is 3. The monoisotopic (exact) mass is 286 g/mol. The van der Waals surface area contributed by atoms with E-state index in [-0.39, 0.29) is 5.91 Å². The molecule has 0 unspecified atom stereocenters. The largest absolute Gasteiger partial charge is 0.309 e. The number of likely N-dealkylation sites (tertiary alicyclic amines) is 1. The molecular weight excluding hydrogens is 264 g/mol. The van der Waals surface area contributed by atoms with Crippen molar-refractivity contribution in [3.05, 3.63) is 24.3 Å². The van der Waals surface area contributed by atoms with Gasteiger partial charge in [-0.05, 0) is 38.1 Å². The van der Waals surface area contributed by atoms with E-state index in [9.17, 15) is 4.79 Å². The fourth-order valence-electron chi connectivity index (χ4n) is 2.98. The number of amides is 1. The number of piperidine rings is 1. The van der Waals surface area contributed by atoms with Gasteiger partial charge in [-0.1, -0.05) is 18.6 Å². The Labute approximate surface area is 125 Å². The van der Waals surface area contributed by atoms with E-state index in [0.29, 0.717) is 5.95 Å². The minimum absolute atomic E-state index is 0.0791. The predicted octanol–water partition coefficient (Wildman–Crippen LogP) is 2.48. The lowest BCUT2D eigenvalue weighted by Gasteiger charge is -2.26. The van der Waals surface area contributed by atoms with Crippen molar-refractivity contribution in [1.82, 2.24) is 14.5 Å². The van der Waals surface area contributed by atoms with Crippen LogP contribution in [0.1, 0.15) is 26.2 Å². The molecule has 1 aliphatic heterocycles. The summed E-state index contributed by atoms with van der Waals surface area (Å²) in [5, 5.41) is 2.84. The van der Waals surface area contributed by atoms with Gasteiger partial charge in [-0.25, -0.2) is 4.98 Å². The Morgan fingerprint density at radius 3 is 2.71 bits per heavy atom. The standard InChI is InChI=1S/C16H22N4O/c1-13(21)17-16-18-14-7-3-4-8-15(14)20(16)12-11-19-9-5-2-6-10-19/h3-4,7-8H,2,5-6,9-12H2,1H3,(H,17,18,21). The Morgan fingerprint density at radius 1 is 1.19 bits per heavy atom. The van der Waals surface area contributed by atoms with Crippen LogP contribution in [0.25, 0.3) is 11.0 Å². The Balaban J connectivity index is 1.82. The van der Waals surface area contributed by atoms with E-state index in [2.05, 4.69) is 25.8 Å². The number of nitrogens with one attached hydrogen (secondary N) is 1. The molecule has 0 bridgehead atoms. The van der Waals surface area contributed by atoms with E-state index in [1.165, 1.54) is 39.3 Å². The van der Waals surface area contributed by atoms with E-state index in [0.717, 1.165) is 24.1 Å². The maximum absolute atomic E-state index is 11.4. The van der Waals surface area contributed by atoms with Crippen LogP contribution < -0.4 is 5.32 Å². The van der Waals surface area contributed by atoms with Gasteiger partial charge in [0.15, 0.2) is 0 Å². The molecular formula is C16H22N4O. The third-order valence-electron chi connectivity index (χ3n) is 4.03. The first-order valence-corrected chi connectivity index (χ1v) is 7.69. The first-order chi connectivity index (χ1) is 10.2. The van der Waals surface area contributed by atoms with Gasteiger partial charge in [0.1, 0.15) is 0 Å². The van der Waals surface area contributed by atoms with Gasteiger partial charge in [0.05, 0.1) is 11.0 Å². The Morgan fingerprint density at radius 2 is 1.95 bits per heavy atom. The Hall–Kier alpha value is -1.88. The van der Waals surface area contributed by atoms with Gasteiger partial charge in [0.2, 0.25) is 11.9 Å². The third-order valence-corrected chi connectivity index (χ3v) is 4.03. The summed E-state index contributed by atoms with van der Waals surface area (Å²) < 4.78 is 2.12. The van der Waals surface area contributed by atoms with Crippen molar-refractivity contribution in [1.29, 1.82) is 0 Å². The maximum atomic E-state index is 11.4. The van der Waals surface area contributed by atoms with Gasteiger partial charge < -0.3 is 9.47 Å². The van der Waals surface area contributed by atoms with Crippen LogP contribution in [-0.2, 0) is 11.3 Å². The van der Waals surface area contributed by atoms with Gasteiger partial charge in [-0.15, -0.1) is 0 Å². The number of anilines is 1. The maximum Gasteiger partial charge on any atom is 0.223 e. The third kappa shape index (κ3) is 3.24. The molecule has 0 atom stereocenters. The van der Waals surface area contributed by atoms with E-state index in [4.69, 9.17) is 0 Å². The van der Waals surface area contributed by atoms with Gasteiger partial charge in [0.25, 0.3) is 0 Å². The summed E-state index contributed by atoms with van der Waals surface area (Å²) in [7, 11) is 0. The smallest absolute Gasteiger partial charge is 0.223 e. The number of imidazole rings is 1. The average Bonchev–Trinajstić information content (AvgIpc) is 2.82. The van der Waals surface area contributed by atoms with Crippen molar-refractivity contribution >= 4 is 22.9 Å². The molecule has 1 saturated heterocycles. The summed E-state index contributed by atoms with van der Waals surface area (Å²) >= 11 is 0. The number of carbonyl (C=O) groups is 1. The van der Waals surface area contributed by atoms with E-state index < -0.39 is 0 Å². The highest BCUT2D eigenvalue weighted by Crippen LogP contribution is 2.20. The summed E-state index contributed by atoms with van der Waals surface area (Å²) in [6.45, 7) is 5.75. The van der Waals surface area contributed by atoms with Crippen molar-refractivity contribution in [3.63, 3.8) is 0 Å². The number of nitrogens with zero attached hydrogens (tertiary/aromatic N) is 3. The van der Waals surface area contributed by atoms with Gasteiger partial charge in [0, 0.05) is 20.0 Å². The van der Waals surface area contributed by atoms with Crippen LogP contribution in [0.15, 0.2) is 24.3 Å². The molecule has 0 saturated carbocycles. The van der Waals surface area contributed by atoms with Crippen LogP contribution in [0.4, 0.5) is 5.95 Å². The molecule has 1 aromatic carbocycles. The number of rotatable bonds is 4. The van der Waals surface area contributed by atoms with Crippen molar-refractivity contribution in [3.8, 4) is 0 Å². The molecule has 0 spiro atoms. The molecule has 112 valence electrons. The summed E-state index contributed by atoms with van der Waals surface area (Å²) in [6.07, 6.45) is 3.94. The number of para-hydroxylation sites is 2. The summed E-state index contributed by atoms with van der Waals surface area (Å²) in [5.41, 5.74) is 2.01. The Kier molecular flexibility index (Phi) is 4.20. The molecule has 2 heterocycles. The lowest BCUT2D eigenvalue weighted by molar-refractivity contribution is -0.114. The quantitative estimate of drug-likeness (QED) is 0.939. The van der Waals surface area contributed by atoms with Crippen LogP contribution in [0, 0.1) is 0 Å². The van der Waals surface area contributed by atoms with Gasteiger partial charge >= 0.3 is 0 Å². The fraction of sp³-hybridized carbons (Fsp3) is 0.500. The topological polar surface area (TPSA) is 50.2 Å². The second-order valence-electron chi connectivity index (χ2n) is 5.66. The molecule has 1 fully saturated rings. The second kappa shape index (κ2) is 6.26. The van der Waals surface area contributed by atoms with E-state index in [1.807, 2.05) is 18.2 Å². The number of aromatic nitrogens is 2. The molecule has 5 nitrogen and oxygen atoms in total. The molecule has 0 radical (unpaired) electrons. The molecule has 2 aromatic rings. The van der Waals surface area contributed by atoms with Gasteiger partial charge in [-0.2, -0.15) is 0 Å². The van der Waals surface area contributed by atoms with Crippen molar-refractivity contribution < 1.29 is 4.79 Å². The fourth-order valence-corrected chi connectivity index (χ4v) is 2.98.